The standard InChI is InChI=1S/C27H24I2N2O4/c28-19-8-17(23(32)22(29)10-19)9-21-24(33)30-26(35)31(25(21)34)20-3-1-18(2-4-20)27-11-14-5-15(12-27)7-16(6-14)13-27/h1-4,8-10,14-16,32H,5-7,11-13H2,(H,30,33,35)/b21-9+. The number of aromatic hydroxyl groups is 1. The summed E-state index contributed by atoms with van der Waals surface area (Å²) in [6.45, 7) is 0. The van der Waals surface area contributed by atoms with Crippen molar-refractivity contribution < 1.29 is 19.5 Å². The molecule has 2 aromatic carbocycles. The Morgan fingerprint density at radius 1 is 0.943 bits per heavy atom. The van der Waals surface area contributed by atoms with E-state index in [1.807, 2.05) is 34.7 Å². The first-order valence-electron chi connectivity index (χ1n) is 11.9. The number of benzene rings is 2. The van der Waals surface area contributed by atoms with Crippen LogP contribution in [0, 0.1) is 24.9 Å². The van der Waals surface area contributed by atoms with Crippen LogP contribution < -0.4 is 10.2 Å². The fraction of sp³-hybridized carbons (Fsp3) is 0.370. The van der Waals surface area contributed by atoms with E-state index in [1.165, 1.54) is 50.2 Å². The Kier molecular flexibility index (Phi) is 5.74. The van der Waals surface area contributed by atoms with Gasteiger partial charge >= 0.3 is 6.03 Å². The molecular weight excluding hydrogens is 670 g/mol. The van der Waals surface area contributed by atoms with Crippen LogP contribution >= 0.6 is 45.2 Å². The monoisotopic (exact) mass is 694 g/mol. The van der Waals surface area contributed by atoms with Crippen molar-refractivity contribution in [3.63, 3.8) is 0 Å². The number of anilines is 1. The summed E-state index contributed by atoms with van der Waals surface area (Å²) in [6.07, 6.45) is 9.18. The molecule has 5 fully saturated rings. The van der Waals surface area contributed by atoms with Crippen LogP contribution in [0.3, 0.4) is 0 Å². The number of nitrogens with zero attached hydrogens (tertiary/aromatic N) is 1. The number of rotatable bonds is 3. The van der Waals surface area contributed by atoms with Crippen LogP contribution in [-0.2, 0) is 15.0 Å². The lowest BCUT2D eigenvalue weighted by Gasteiger charge is -2.57. The van der Waals surface area contributed by atoms with Gasteiger partial charge in [-0.05, 0) is 143 Å². The van der Waals surface area contributed by atoms with Gasteiger partial charge in [-0.25, -0.2) is 9.69 Å². The summed E-state index contributed by atoms with van der Waals surface area (Å²) in [5.74, 6) is 1.01. The SMILES string of the molecule is O=C1NC(=O)N(c2ccc(C34CC5CC(CC(C5)C3)C4)cc2)C(=O)/C1=C/c1cc(I)cc(I)c1O. The number of phenols is 1. The first-order chi connectivity index (χ1) is 16.7. The van der Waals surface area contributed by atoms with Crippen molar-refractivity contribution >= 4 is 74.8 Å². The second-order valence-electron chi connectivity index (χ2n) is 10.5. The van der Waals surface area contributed by atoms with Gasteiger partial charge in [0.1, 0.15) is 11.3 Å². The van der Waals surface area contributed by atoms with Crippen molar-refractivity contribution in [2.45, 2.75) is 43.9 Å². The molecule has 2 N–H and O–H groups in total. The van der Waals surface area contributed by atoms with E-state index in [2.05, 4.69) is 40.0 Å². The van der Waals surface area contributed by atoms with Crippen LogP contribution in [0.2, 0.25) is 0 Å². The summed E-state index contributed by atoms with van der Waals surface area (Å²) in [6, 6.07) is 10.5. The van der Waals surface area contributed by atoms with Crippen molar-refractivity contribution in [2.75, 3.05) is 4.90 Å². The van der Waals surface area contributed by atoms with Gasteiger partial charge in [0.05, 0.1) is 9.26 Å². The second-order valence-corrected chi connectivity index (χ2v) is 12.9. The topological polar surface area (TPSA) is 86.7 Å². The molecule has 4 saturated carbocycles. The van der Waals surface area contributed by atoms with E-state index in [0.29, 0.717) is 14.8 Å². The Morgan fingerprint density at radius 2 is 1.54 bits per heavy atom. The first kappa shape index (κ1) is 23.4. The molecular formula is C27H24I2N2O4. The predicted molar refractivity (Wildman–Crippen MR) is 149 cm³/mol. The Balaban J connectivity index is 1.31. The minimum absolute atomic E-state index is 0.0116. The van der Waals surface area contributed by atoms with Crippen LogP contribution in [0.1, 0.15) is 49.7 Å². The molecule has 6 nitrogen and oxygen atoms in total. The molecule has 2 aromatic rings. The van der Waals surface area contributed by atoms with Gasteiger partial charge in [0.15, 0.2) is 0 Å². The Bertz CT molecular complexity index is 1270. The lowest BCUT2D eigenvalue weighted by atomic mass is 9.48. The fourth-order valence-electron chi connectivity index (χ4n) is 7.17. The number of urea groups is 1. The van der Waals surface area contributed by atoms with E-state index in [9.17, 15) is 19.5 Å². The summed E-state index contributed by atoms with van der Waals surface area (Å²) in [7, 11) is 0. The highest BCUT2D eigenvalue weighted by Gasteiger charge is 2.51. The van der Waals surface area contributed by atoms with Gasteiger partial charge in [-0.15, -0.1) is 0 Å². The number of amides is 4. The Hall–Kier alpha value is -1.95. The number of barbiturate groups is 1. The molecule has 0 unspecified atom stereocenters. The third-order valence-corrected chi connectivity index (χ3v) is 9.68. The van der Waals surface area contributed by atoms with Crippen molar-refractivity contribution in [1.29, 1.82) is 0 Å². The highest BCUT2D eigenvalue weighted by atomic mass is 127. The predicted octanol–water partition coefficient (Wildman–Crippen LogP) is 5.74. The molecule has 180 valence electrons. The number of carbonyl (C=O) groups excluding carboxylic acids is 3. The largest absolute Gasteiger partial charge is 0.506 e. The number of phenolic OH excluding ortho intramolecular Hbond substituents is 1. The normalized spacial score (nSPS) is 30.8. The van der Waals surface area contributed by atoms with Crippen molar-refractivity contribution in [3.8, 4) is 5.75 Å². The molecule has 4 aliphatic carbocycles. The molecule has 5 aliphatic rings. The van der Waals surface area contributed by atoms with Crippen molar-refractivity contribution in [1.82, 2.24) is 5.32 Å². The van der Waals surface area contributed by atoms with E-state index in [1.54, 1.807) is 12.1 Å². The second kappa shape index (κ2) is 8.57. The molecule has 7 rings (SSSR count). The van der Waals surface area contributed by atoms with Crippen molar-refractivity contribution in [2.24, 2.45) is 17.8 Å². The molecule has 4 amide bonds. The summed E-state index contributed by atoms with van der Waals surface area (Å²) in [5.41, 5.74) is 2.12. The maximum Gasteiger partial charge on any atom is 0.335 e. The lowest BCUT2D eigenvalue weighted by molar-refractivity contribution is -0.122. The number of hydrogen-bond donors (Lipinski definition) is 2. The number of carbonyl (C=O) groups is 3. The molecule has 35 heavy (non-hydrogen) atoms. The van der Waals surface area contributed by atoms with Gasteiger partial charge in [0.2, 0.25) is 0 Å². The highest BCUT2D eigenvalue weighted by molar-refractivity contribution is 14.1. The molecule has 0 spiro atoms. The fourth-order valence-corrected chi connectivity index (χ4v) is 9.06. The van der Waals surface area contributed by atoms with E-state index in [4.69, 9.17) is 0 Å². The summed E-state index contributed by atoms with van der Waals surface area (Å²) in [5, 5.41) is 12.7. The van der Waals surface area contributed by atoms with Gasteiger partial charge in [-0.2, -0.15) is 0 Å². The average molecular weight is 694 g/mol. The molecule has 0 atom stereocenters. The van der Waals surface area contributed by atoms with E-state index in [-0.39, 0.29) is 16.7 Å². The van der Waals surface area contributed by atoms with Gasteiger partial charge in [-0.3, -0.25) is 14.9 Å². The minimum Gasteiger partial charge on any atom is -0.506 e. The van der Waals surface area contributed by atoms with Crippen LogP contribution in [-0.4, -0.2) is 23.0 Å². The van der Waals surface area contributed by atoms with Crippen LogP contribution in [0.25, 0.3) is 6.08 Å². The van der Waals surface area contributed by atoms with E-state index < -0.39 is 17.8 Å². The molecule has 0 radical (unpaired) electrons. The molecule has 1 aliphatic heterocycles. The minimum atomic E-state index is -0.769. The molecule has 1 saturated heterocycles. The van der Waals surface area contributed by atoms with Gasteiger partial charge in [-0.1, -0.05) is 12.1 Å². The highest BCUT2D eigenvalue weighted by Crippen LogP contribution is 2.60. The van der Waals surface area contributed by atoms with E-state index in [0.717, 1.165) is 26.2 Å². The number of nitrogens with one attached hydrogen (secondary N) is 1. The maximum absolute atomic E-state index is 13.3. The molecule has 4 bridgehead atoms. The zero-order valence-electron chi connectivity index (χ0n) is 18.9. The van der Waals surface area contributed by atoms with E-state index >= 15 is 0 Å². The number of halogens is 2. The lowest BCUT2D eigenvalue weighted by Crippen LogP contribution is -2.54. The van der Waals surface area contributed by atoms with Crippen LogP contribution in [0.4, 0.5) is 10.5 Å². The first-order valence-corrected chi connectivity index (χ1v) is 14.1. The zero-order chi connectivity index (χ0) is 24.5. The summed E-state index contributed by atoms with van der Waals surface area (Å²) >= 11 is 4.11. The van der Waals surface area contributed by atoms with Gasteiger partial charge in [0.25, 0.3) is 11.8 Å². The van der Waals surface area contributed by atoms with Gasteiger partial charge in [0, 0.05) is 9.13 Å². The number of hydrogen-bond acceptors (Lipinski definition) is 4. The third kappa shape index (κ3) is 4.00. The molecule has 0 aromatic heterocycles. The summed E-state index contributed by atoms with van der Waals surface area (Å²) in [4.78, 5) is 39.6. The maximum atomic E-state index is 13.3. The Morgan fingerprint density at radius 3 is 2.14 bits per heavy atom. The van der Waals surface area contributed by atoms with Crippen LogP contribution in [0.15, 0.2) is 42.0 Å². The third-order valence-electron chi connectivity index (χ3n) is 8.24. The Labute approximate surface area is 230 Å². The quantitative estimate of drug-likeness (QED) is 0.244. The molecule has 8 heteroatoms. The van der Waals surface area contributed by atoms with Crippen molar-refractivity contribution in [3.05, 3.63) is 60.2 Å². The summed E-state index contributed by atoms with van der Waals surface area (Å²) < 4.78 is 1.46. The number of imide groups is 2. The average Bonchev–Trinajstić information content (AvgIpc) is 2.79. The van der Waals surface area contributed by atoms with Crippen LogP contribution in [0.5, 0.6) is 5.75 Å². The smallest absolute Gasteiger partial charge is 0.335 e. The van der Waals surface area contributed by atoms with Gasteiger partial charge < -0.3 is 5.11 Å². The molecule has 1 heterocycles. The zero-order valence-corrected chi connectivity index (χ0v) is 23.2.